The first-order valence-corrected chi connectivity index (χ1v) is 10.6. The van der Waals surface area contributed by atoms with Gasteiger partial charge >= 0.3 is 0 Å². The Labute approximate surface area is 148 Å². The van der Waals surface area contributed by atoms with E-state index in [0.29, 0.717) is 5.54 Å². The molecule has 140 valence electrons. The highest BCUT2D eigenvalue weighted by Gasteiger charge is 2.30. The van der Waals surface area contributed by atoms with Gasteiger partial charge in [-0.15, -0.1) is 0 Å². The molecular weight excluding hydrogens is 278 g/mol. The van der Waals surface area contributed by atoms with Gasteiger partial charge in [-0.25, -0.2) is 0 Å². The van der Waals surface area contributed by atoms with Gasteiger partial charge in [0.25, 0.3) is 0 Å². The van der Waals surface area contributed by atoms with Gasteiger partial charge in [0.2, 0.25) is 0 Å². The summed E-state index contributed by atoms with van der Waals surface area (Å²) in [6.45, 7) is 10.7. The van der Waals surface area contributed by atoms with Gasteiger partial charge in [0.1, 0.15) is 0 Å². The van der Waals surface area contributed by atoms with Gasteiger partial charge in [-0.05, 0) is 33.6 Å². The largest absolute Gasteiger partial charge is 0.324 e. The van der Waals surface area contributed by atoms with E-state index < -0.39 is 0 Å². The van der Waals surface area contributed by atoms with Crippen LogP contribution in [0.4, 0.5) is 0 Å². The maximum Gasteiger partial charge on any atom is 0.0903 e. The van der Waals surface area contributed by atoms with E-state index >= 15 is 0 Å². The third-order valence-electron chi connectivity index (χ3n) is 5.89. The van der Waals surface area contributed by atoms with E-state index in [1.165, 1.54) is 96.4 Å². The highest BCUT2D eigenvalue weighted by Crippen LogP contribution is 2.20. The molecule has 0 aliphatic carbocycles. The molecule has 0 atom stereocenters. The average molecular weight is 327 g/mol. The fraction of sp³-hybridized carbons (Fsp3) is 1.00. The molecule has 0 amide bonds. The molecule has 0 aliphatic rings. The summed E-state index contributed by atoms with van der Waals surface area (Å²) in [5.41, 5.74) is 0.372. The topological polar surface area (TPSA) is 0 Å². The Kier molecular flexibility index (Phi) is 13.3. The average Bonchev–Trinajstić information content (AvgIpc) is 2.46. The zero-order valence-electron chi connectivity index (χ0n) is 17.6. The summed E-state index contributed by atoms with van der Waals surface area (Å²) in [6.07, 6.45) is 20.3. The second-order valence-electron chi connectivity index (χ2n) is 9.18. The fourth-order valence-corrected chi connectivity index (χ4v) is 3.04. The van der Waals surface area contributed by atoms with Crippen molar-refractivity contribution in [1.82, 2.24) is 0 Å². The molecular formula is C22H48N+. The van der Waals surface area contributed by atoms with Crippen LogP contribution in [0.25, 0.3) is 0 Å². The Balaban J connectivity index is 3.25. The van der Waals surface area contributed by atoms with Crippen molar-refractivity contribution in [2.75, 3.05) is 20.6 Å². The molecule has 0 bridgehead atoms. The first-order valence-electron chi connectivity index (χ1n) is 10.6. The number of rotatable bonds is 15. The van der Waals surface area contributed by atoms with Crippen molar-refractivity contribution in [3.05, 3.63) is 0 Å². The molecule has 0 radical (unpaired) electrons. The van der Waals surface area contributed by atoms with Crippen molar-refractivity contribution in [2.24, 2.45) is 0 Å². The summed E-state index contributed by atoms with van der Waals surface area (Å²) >= 11 is 0. The molecule has 0 rings (SSSR count). The zero-order chi connectivity index (χ0) is 17.6. The quantitative estimate of drug-likeness (QED) is 0.218. The van der Waals surface area contributed by atoms with E-state index in [9.17, 15) is 0 Å². The Hall–Kier alpha value is -0.0400. The SMILES string of the molecule is CCCCCCCCCCCCCCCC[N+](C)(C)C(C)(C)C. The van der Waals surface area contributed by atoms with E-state index in [-0.39, 0.29) is 0 Å². The maximum atomic E-state index is 2.38. The maximum absolute atomic E-state index is 2.38. The van der Waals surface area contributed by atoms with Crippen LogP contribution in [0.3, 0.4) is 0 Å². The van der Waals surface area contributed by atoms with Crippen molar-refractivity contribution in [3.63, 3.8) is 0 Å². The lowest BCUT2D eigenvalue weighted by molar-refractivity contribution is -0.935. The lowest BCUT2D eigenvalue weighted by atomic mass is 10.0. The van der Waals surface area contributed by atoms with Crippen molar-refractivity contribution >= 4 is 0 Å². The third-order valence-corrected chi connectivity index (χ3v) is 5.89. The monoisotopic (exact) mass is 326 g/mol. The van der Waals surface area contributed by atoms with E-state index in [1.807, 2.05) is 0 Å². The molecule has 1 heteroatoms. The fourth-order valence-electron chi connectivity index (χ4n) is 3.04. The van der Waals surface area contributed by atoms with Crippen LogP contribution in [0.5, 0.6) is 0 Å². The van der Waals surface area contributed by atoms with Crippen LogP contribution in [0, 0.1) is 0 Å². The summed E-state index contributed by atoms with van der Waals surface area (Å²) in [4.78, 5) is 0. The molecule has 0 N–H and O–H groups in total. The van der Waals surface area contributed by atoms with E-state index in [1.54, 1.807) is 0 Å². The summed E-state index contributed by atoms with van der Waals surface area (Å²) in [5, 5.41) is 0. The lowest BCUT2D eigenvalue weighted by Crippen LogP contribution is -2.54. The van der Waals surface area contributed by atoms with Crippen LogP contribution >= 0.6 is 0 Å². The molecule has 0 aromatic heterocycles. The second-order valence-corrected chi connectivity index (χ2v) is 9.18. The lowest BCUT2D eigenvalue weighted by Gasteiger charge is -2.42. The third kappa shape index (κ3) is 13.0. The number of hydrogen-bond acceptors (Lipinski definition) is 0. The summed E-state index contributed by atoms with van der Waals surface area (Å²) in [5.74, 6) is 0. The molecule has 1 nitrogen and oxygen atoms in total. The molecule has 0 spiro atoms. The van der Waals surface area contributed by atoms with Crippen molar-refractivity contribution in [1.29, 1.82) is 0 Å². The Bertz CT molecular complexity index is 249. The van der Waals surface area contributed by atoms with E-state index in [4.69, 9.17) is 0 Å². The molecule has 0 saturated carbocycles. The van der Waals surface area contributed by atoms with Crippen LogP contribution in [0.1, 0.15) is 118 Å². The van der Waals surface area contributed by atoms with Crippen LogP contribution in [0.2, 0.25) is 0 Å². The summed E-state index contributed by atoms with van der Waals surface area (Å²) < 4.78 is 1.14. The van der Waals surface area contributed by atoms with Gasteiger partial charge in [-0.1, -0.05) is 84.0 Å². The van der Waals surface area contributed by atoms with Gasteiger partial charge in [-0.3, -0.25) is 0 Å². The summed E-state index contributed by atoms with van der Waals surface area (Å²) in [7, 11) is 4.75. The molecule has 0 fully saturated rings. The van der Waals surface area contributed by atoms with Crippen molar-refractivity contribution in [2.45, 2.75) is 123 Å². The number of hydrogen-bond donors (Lipinski definition) is 0. The number of quaternary nitrogens is 1. The minimum Gasteiger partial charge on any atom is -0.324 e. The molecule has 23 heavy (non-hydrogen) atoms. The minimum absolute atomic E-state index is 0.372. The first-order chi connectivity index (χ1) is 10.8. The second kappa shape index (κ2) is 13.3. The normalized spacial score (nSPS) is 12.8. The standard InChI is InChI=1S/C22H48N/c1-7-8-9-10-11-12-13-14-15-16-17-18-19-20-21-23(5,6)22(2,3)4/h7-21H2,1-6H3/q+1. The number of unbranched alkanes of at least 4 members (excludes halogenated alkanes) is 13. The molecule has 0 saturated heterocycles. The highest BCUT2D eigenvalue weighted by atomic mass is 15.4. The van der Waals surface area contributed by atoms with E-state index in [2.05, 4.69) is 41.8 Å². The smallest absolute Gasteiger partial charge is 0.0903 e. The predicted molar refractivity (Wildman–Crippen MR) is 107 cm³/mol. The number of nitrogens with zero attached hydrogens (tertiary/aromatic N) is 1. The molecule has 0 aromatic carbocycles. The van der Waals surface area contributed by atoms with Crippen LogP contribution < -0.4 is 0 Å². The van der Waals surface area contributed by atoms with Gasteiger partial charge in [0, 0.05) is 0 Å². The summed E-state index contributed by atoms with van der Waals surface area (Å²) in [6, 6.07) is 0. The van der Waals surface area contributed by atoms with Gasteiger partial charge < -0.3 is 4.48 Å². The van der Waals surface area contributed by atoms with Gasteiger partial charge in [-0.2, -0.15) is 0 Å². The van der Waals surface area contributed by atoms with Crippen molar-refractivity contribution < 1.29 is 4.48 Å². The Morgan fingerprint density at radius 1 is 0.522 bits per heavy atom. The Morgan fingerprint density at radius 3 is 1.13 bits per heavy atom. The molecule has 0 aliphatic heterocycles. The van der Waals surface area contributed by atoms with E-state index in [0.717, 1.165) is 4.48 Å². The first kappa shape index (κ1) is 23.0. The minimum atomic E-state index is 0.372. The predicted octanol–water partition coefficient (Wildman–Crippen LogP) is 7.34. The van der Waals surface area contributed by atoms with Gasteiger partial charge in [0.05, 0.1) is 26.2 Å². The van der Waals surface area contributed by atoms with Gasteiger partial charge in [0.15, 0.2) is 0 Å². The van der Waals surface area contributed by atoms with Crippen LogP contribution in [-0.4, -0.2) is 30.7 Å². The molecule has 0 heterocycles. The van der Waals surface area contributed by atoms with Crippen molar-refractivity contribution in [3.8, 4) is 0 Å². The zero-order valence-corrected chi connectivity index (χ0v) is 17.6. The highest BCUT2D eigenvalue weighted by molar-refractivity contribution is 4.60. The molecule has 0 aromatic rings. The van der Waals surface area contributed by atoms with Crippen LogP contribution in [0.15, 0.2) is 0 Å². The van der Waals surface area contributed by atoms with Crippen LogP contribution in [-0.2, 0) is 0 Å². The molecule has 0 unspecified atom stereocenters. The Morgan fingerprint density at radius 2 is 0.826 bits per heavy atom.